The quantitative estimate of drug-likeness (QED) is 0.811. The smallest absolute Gasteiger partial charge is 0.325 e. The Kier molecular flexibility index (Phi) is 4.19. The first kappa shape index (κ1) is 14.4. The first-order chi connectivity index (χ1) is 7.76. The van der Waals surface area contributed by atoms with Gasteiger partial charge in [-0.25, -0.2) is 8.42 Å². The normalized spacial score (nSPS) is 26.6. The Morgan fingerprint density at radius 1 is 1.47 bits per heavy atom. The highest BCUT2D eigenvalue weighted by molar-refractivity contribution is 7.89. The van der Waals surface area contributed by atoms with Gasteiger partial charge in [0.1, 0.15) is 5.54 Å². The molecule has 1 aliphatic rings. The van der Waals surface area contributed by atoms with Gasteiger partial charge in [0.05, 0.1) is 5.75 Å². The van der Waals surface area contributed by atoms with Crippen LogP contribution >= 0.6 is 0 Å². The fourth-order valence-electron chi connectivity index (χ4n) is 2.49. The third kappa shape index (κ3) is 2.63. The summed E-state index contributed by atoms with van der Waals surface area (Å²) in [7, 11) is -3.47. The van der Waals surface area contributed by atoms with Crippen molar-refractivity contribution in [1.82, 2.24) is 4.31 Å². The minimum atomic E-state index is -3.47. The molecule has 0 radical (unpaired) electrons. The molecule has 0 spiro atoms. The fraction of sp³-hybridized carbons (Fsp3) is 0.909. The van der Waals surface area contributed by atoms with Crippen molar-refractivity contribution in [2.45, 2.75) is 45.6 Å². The maximum Gasteiger partial charge on any atom is 0.325 e. The Morgan fingerprint density at radius 2 is 2.06 bits per heavy atom. The molecule has 0 saturated carbocycles. The Hall–Kier alpha value is -0.620. The van der Waals surface area contributed by atoms with Gasteiger partial charge in [-0.1, -0.05) is 20.8 Å². The number of hydrogen-bond donors (Lipinski definition) is 1. The van der Waals surface area contributed by atoms with E-state index in [1.165, 1.54) is 4.31 Å². The Bertz CT molecular complexity index is 390. The number of rotatable bonds is 5. The summed E-state index contributed by atoms with van der Waals surface area (Å²) in [5.74, 6) is -1.00. The highest BCUT2D eigenvalue weighted by Gasteiger charge is 2.51. The molecule has 0 bridgehead atoms. The van der Waals surface area contributed by atoms with Gasteiger partial charge in [-0.05, 0) is 25.2 Å². The molecule has 0 aromatic heterocycles. The molecule has 1 aliphatic heterocycles. The summed E-state index contributed by atoms with van der Waals surface area (Å²) < 4.78 is 25.6. The van der Waals surface area contributed by atoms with Gasteiger partial charge >= 0.3 is 5.97 Å². The maximum atomic E-state index is 12.2. The molecule has 1 heterocycles. The zero-order valence-electron chi connectivity index (χ0n) is 10.6. The van der Waals surface area contributed by atoms with Crippen molar-refractivity contribution in [3.63, 3.8) is 0 Å². The SMILES string of the molecule is CCC1(C(=O)O)CCCN1S(=O)(=O)CC(C)C. The number of hydrogen-bond acceptors (Lipinski definition) is 3. The van der Waals surface area contributed by atoms with Gasteiger partial charge in [0.2, 0.25) is 10.0 Å². The summed E-state index contributed by atoms with van der Waals surface area (Å²) in [6.45, 7) is 5.70. The van der Waals surface area contributed by atoms with Crippen LogP contribution in [0.5, 0.6) is 0 Å². The number of aliphatic carboxylic acids is 1. The zero-order valence-corrected chi connectivity index (χ0v) is 11.5. The van der Waals surface area contributed by atoms with Gasteiger partial charge in [-0.3, -0.25) is 4.79 Å². The van der Waals surface area contributed by atoms with Crippen molar-refractivity contribution in [3.05, 3.63) is 0 Å². The van der Waals surface area contributed by atoms with E-state index in [0.717, 1.165) is 0 Å². The van der Waals surface area contributed by atoms with E-state index in [1.54, 1.807) is 6.92 Å². The molecule has 0 aliphatic carbocycles. The molecule has 1 atom stereocenters. The second-order valence-corrected chi connectivity index (χ2v) is 6.98. The second kappa shape index (κ2) is 4.94. The lowest BCUT2D eigenvalue weighted by Gasteiger charge is -2.33. The zero-order chi connectivity index (χ0) is 13.3. The molecule has 0 amide bonds. The molecule has 6 heteroatoms. The summed E-state index contributed by atoms with van der Waals surface area (Å²) in [6.07, 6.45) is 1.35. The lowest BCUT2D eigenvalue weighted by Crippen LogP contribution is -2.53. The monoisotopic (exact) mass is 263 g/mol. The first-order valence-corrected chi connectivity index (χ1v) is 7.61. The molecule has 1 fully saturated rings. The number of sulfonamides is 1. The molecule has 1 N–H and O–H groups in total. The Balaban J connectivity index is 3.08. The van der Waals surface area contributed by atoms with Crippen LogP contribution in [-0.4, -0.2) is 41.6 Å². The van der Waals surface area contributed by atoms with Crippen LogP contribution in [0.15, 0.2) is 0 Å². The van der Waals surface area contributed by atoms with Gasteiger partial charge in [0.25, 0.3) is 0 Å². The van der Waals surface area contributed by atoms with Crippen molar-refractivity contribution in [2.24, 2.45) is 5.92 Å². The van der Waals surface area contributed by atoms with Crippen molar-refractivity contribution in [2.75, 3.05) is 12.3 Å². The molecule has 0 aromatic rings. The maximum absolute atomic E-state index is 12.2. The topological polar surface area (TPSA) is 74.7 Å². The second-order valence-electron chi connectivity index (χ2n) is 5.04. The van der Waals surface area contributed by atoms with Crippen LogP contribution in [0.1, 0.15) is 40.0 Å². The van der Waals surface area contributed by atoms with Gasteiger partial charge in [-0.2, -0.15) is 4.31 Å². The fourth-order valence-corrected chi connectivity index (χ4v) is 4.75. The van der Waals surface area contributed by atoms with E-state index in [9.17, 15) is 18.3 Å². The van der Waals surface area contributed by atoms with Crippen molar-refractivity contribution >= 4 is 16.0 Å². The van der Waals surface area contributed by atoms with Crippen LogP contribution in [0.2, 0.25) is 0 Å². The number of carbonyl (C=O) groups is 1. The average Bonchev–Trinajstić information content (AvgIpc) is 2.60. The summed E-state index contributed by atoms with van der Waals surface area (Å²) >= 11 is 0. The lowest BCUT2D eigenvalue weighted by atomic mass is 9.95. The van der Waals surface area contributed by atoms with E-state index >= 15 is 0 Å². The summed E-state index contributed by atoms with van der Waals surface area (Å²) in [5, 5.41) is 9.33. The lowest BCUT2D eigenvalue weighted by molar-refractivity contribution is -0.147. The molecule has 5 nitrogen and oxygen atoms in total. The molecular weight excluding hydrogens is 242 g/mol. The average molecular weight is 263 g/mol. The Labute approximate surface area is 103 Å². The van der Waals surface area contributed by atoms with Crippen LogP contribution in [0, 0.1) is 5.92 Å². The van der Waals surface area contributed by atoms with Crippen LogP contribution in [0.25, 0.3) is 0 Å². The van der Waals surface area contributed by atoms with Gasteiger partial charge < -0.3 is 5.11 Å². The van der Waals surface area contributed by atoms with E-state index in [4.69, 9.17) is 0 Å². The Morgan fingerprint density at radius 3 is 2.47 bits per heavy atom. The molecule has 1 unspecified atom stereocenters. The van der Waals surface area contributed by atoms with Crippen LogP contribution in [0.4, 0.5) is 0 Å². The van der Waals surface area contributed by atoms with Crippen molar-refractivity contribution in [1.29, 1.82) is 0 Å². The predicted molar refractivity (Wildman–Crippen MR) is 65.2 cm³/mol. The van der Waals surface area contributed by atoms with E-state index in [2.05, 4.69) is 0 Å². The van der Waals surface area contributed by atoms with E-state index in [-0.39, 0.29) is 11.7 Å². The van der Waals surface area contributed by atoms with Crippen molar-refractivity contribution in [3.8, 4) is 0 Å². The van der Waals surface area contributed by atoms with E-state index < -0.39 is 21.5 Å². The van der Waals surface area contributed by atoms with Crippen LogP contribution in [-0.2, 0) is 14.8 Å². The standard InChI is InChI=1S/C11H21NO4S/c1-4-11(10(13)14)6-5-7-12(11)17(15,16)8-9(2)3/h9H,4-8H2,1-3H3,(H,13,14). The molecule has 0 aromatic carbocycles. The predicted octanol–water partition coefficient (Wildman–Crippen LogP) is 1.30. The third-order valence-electron chi connectivity index (χ3n) is 3.29. The first-order valence-electron chi connectivity index (χ1n) is 6.00. The number of nitrogens with zero attached hydrogens (tertiary/aromatic N) is 1. The van der Waals surface area contributed by atoms with Crippen molar-refractivity contribution < 1.29 is 18.3 Å². The van der Waals surface area contributed by atoms with Gasteiger partial charge in [-0.15, -0.1) is 0 Å². The van der Waals surface area contributed by atoms with E-state index in [1.807, 2.05) is 13.8 Å². The largest absolute Gasteiger partial charge is 0.480 e. The summed E-state index contributed by atoms with van der Waals surface area (Å²) in [4.78, 5) is 11.4. The van der Waals surface area contributed by atoms with Crippen LogP contribution < -0.4 is 0 Å². The highest BCUT2D eigenvalue weighted by Crippen LogP contribution is 2.35. The van der Waals surface area contributed by atoms with Gasteiger partial charge in [0.15, 0.2) is 0 Å². The molecule has 1 saturated heterocycles. The number of carboxylic acid groups (broad SMARTS) is 1. The molecular formula is C11H21NO4S. The van der Waals surface area contributed by atoms with Gasteiger partial charge in [0, 0.05) is 6.54 Å². The molecule has 100 valence electrons. The minimum absolute atomic E-state index is 0.00366. The summed E-state index contributed by atoms with van der Waals surface area (Å²) in [6, 6.07) is 0. The molecule has 1 rings (SSSR count). The van der Waals surface area contributed by atoms with E-state index in [0.29, 0.717) is 25.8 Å². The number of carboxylic acids is 1. The minimum Gasteiger partial charge on any atom is -0.480 e. The third-order valence-corrected chi connectivity index (χ3v) is 5.58. The summed E-state index contributed by atoms with van der Waals surface area (Å²) in [5.41, 5.74) is -1.21. The highest BCUT2D eigenvalue weighted by atomic mass is 32.2. The van der Waals surface area contributed by atoms with Crippen LogP contribution in [0.3, 0.4) is 0 Å². The molecule has 17 heavy (non-hydrogen) atoms.